The molecule has 0 spiro atoms. The predicted octanol–water partition coefficient (Wildman–Crippen LogP) is 1.95. The third-order valence-corrected chi connectivity index (χ3v) is 4.28. The van der Waals surface area contributed by atoms with Crippen LogP contribution in [0.2, 0.25) is 0 Å². The Bertz CT molecular complexity index is 616. The van der Waals surface area contributed by atoms with Crippen molar-refractivity contribution in [2.24, 2.45) is 5.41 Å². The van der Waals surface area contributed by atoms with Gasteiger partial charge in [0.05, 0.1) is 6.61 Å². The zero-order chi connectivity index (χ0) is 16.2. The number of H-pyrrole nitrogens is 1. The number of likely N-dealkylation sites (tertiary alicyclic amines) is 1. The summed E-state index contributed by atoms with van der Waals surface area (Å²) < 4.78 is 0. The summed E-state index contributed by atoms with van der Waals surface area (Å²) >= 11 is 0. The van der Waals surface area contributed by atoms with Gasteiger partial charge >= 0.3 is 0 Å². The van der Waals surface area contributed by atoms with E-state index in [-0.39, 0.29) is 29.1 Å². The molecule has 5 nitrogen and oxygen atoms in total. The Labute approximate surface area is 130 Å². The highest BCUT2D eigenvalue weighted by Gasteiger charge is 2.36. The van der Waals surface area contributed by atoms with Gasteiger partial charge in [0.15, 0.2) is 0 Å². The standard InChI is InChI=1S/C17H24N2O3/c1-13(2)6-8-17(12-20)7-4-10-19(11-17)16(22)14-5-3-9-18-15(14)21/h3,5-6,9,20H,4,7-8,10-12H2,1-2H3,(H,18,21)/t17-/m0/s1. The fourth-order valence-corrected chi connectivity index (χ4v) is 2.92. The minimum Gasteiger partial charge on any atom is -0.396 e. The molecule has 120 valence electrons. The first-order chi connectivity index (χ1) is 10.5. The summed E-state index contributed by atoms with van der Waals surface area (Å²) in [5, 5.41) is 9.84. The highest BCUT2D eigenvalue weighted by Crippen LogP contribution is 2.34. The number of piperidine rings is 1. The van der Waals surface area contributed by atoms with Crippen molar-refractivity contribution in [3.63, 3.8) is 0 Å². The fourth-order valence-electron chi connectivity index (χ4n) is 2.92. The molecule has 0 radical (unpaired) electrons. The van der Waals surface area contributed by atoms with Crippen LogP contribution in [-0.4, -0.2) is 40.6 Å². The minimum absolute atomic E-state index is 0.0473. The molecule has 2 heterocycles. The van der Waals surface area contributed by atoms with Crippen LogP contribution in [0.3, 0.4) is 0 Å². The molecule has 1 fully saturated rings. The van der Waals surface area contributed by atoms with Gasteiger partial charge in [0, 0.05) is 24.7 Å². The molecule has 0 saturated carbocycles. The Kier molecular flexibility index (Phi) is 5.19. The lowest BCUT2D eigenvalue weighted by molar-refractivity contribution is 0.0283. The molecular formula is C17H24N2O3. The van der Waals surface area contributed by atoms with Crippen LogP contribution in [0.25, 0.3) is 0 Å². The Morgan fingerprint density at radius 2 is 2.27 bits per heavy atom. The highest BCUT2D eigenvalue weighted by atomic mass is 16.3. The molecule has 5 heteroatoms. The number of aliphatic hydroxyl groups excluding tert-OH is 1. The Hall–Kier alpha value is -1.88. The highest BCUT2D eigenvalue weighted by molar-refractivity contribution is 5.93. The molecule has 1 saturated heterocycles. The Morgan fingerprint density at radius 1 is 1.50 bits per heavy atom. The summed E-state index contributed by atoms with van der Waals surface area (Å²) in [6.45, 7) is 5.22. The van der Waals surface area contributed by atoms with Gasteiger partial charge in [-0.1, -0.05) is 11.6 Å². The lowest BCUT2D eigenvalue weighted by atomic mass is 9.77. The molecule has 1 aromatic rings. The lowest BCUT2D eigenvalue weighted by Crippen LogP contribution is -2.48. The van der Waals surface area contributed by atoms with Crippen LogP contribution < -0.4 is 5.56 Å². The van der Waals surface area contributed by atoms with Gasteiger partial charge in [-0.2, -0.15) is 0 Å². The molecular weight excluding hydrogens is 280 g/mol. The van der Waals surface area contributed by atoms with Gasteiger partial charge in [-0.15, -0.1) is 0 Å². The van der Waals surface area contributed by atoms with E-state index in [1.807, 2.05) is 13.8 Å². The number of pyridine rings is 1. The van der Waals surface area contributed by atoms with Crippen molar-refractivity contribution < 1.29 is 9.90 Å². The summed E-state index contributed by atoms with van der Waals surface area (Å²) in [4.78, 5) is 28.6. The summed E-state index contributed by atoms with van der Waals surface area (Å²) in [7, 11) is 0. The van der Waals surface area contributed by atoms with Crippen LogP contribution in [-0.2, 0) is 0 Å². The van der Waals surface area contributed by atoms with Crippen molar-refractivity contribution >= 4 is 5.91 Å². The average Bonchev–Trinajstić information content (AvgIpc) is 2.53. The van der Waals surface area contributed by atoms with Crippen LogP contribution >= 0.6 is 0 Å². The second-order valence-corrected chi connectivity index (χ2v) is 6.39. The molecule has 2 N–H and O–H groups in total. The van der Waals surface area contributed by atoms with E-state index in [0.717, 1.165) is 19.3 Å². The number of hydrogen-bond acceptors (Lipinski definition) is 3. The molecule has 1 aliphatic heterocycles. The number of carbonyl (C=O) groups is 1. The molecule has 0 unspecified atom stereocenters. The number of allylic oxidation sites excluding steroid dienone is 2. The van der Waals surface area contributed by atoms with Gasteiger partial charge in [0.25, 0.3) is 11.5 Å². The number of aromatic amines is 1. The minimum atomic E-state index is -0.364. The van der Waals surface area contributed by atoms with Gasteiger partial charge in [-0.05, 0) is 45.2 Å². The largest absolute Gasteiger partial charge is 0.396 e. The average molecular weight is 304 g/mol. The SMILES string of the molecule is CC(C)=CC[C@@]1(CO)CCCN(C(=O)c2ccc[nH]c2=O)C1. The monoisotopic (exact) mass is 304 g/mol. The molecule has 0 aromatic carbocycles. The topological polar surface area (TPSA) is 73.4 Å². The second kappa shape index (κ2) is 6.92. The maximum absolute atomic E-state index is 12.6. The van der Waals surface area contributed by atoms with Gasteiger partial charge in [0.1, 0.15) is 5.56 Å². The first-order valence-corrected chi connectivity index (χ1v) is 7.69. The number of carbonyl (C=O) groups excluding carboxylic acids is 1. The summed E-state index contributed by atoms with van der Waals surface area (Å²) in [6.07, 6.45) is 6.11. The maximum atomic E-state index is 12.6. The van der Waals surface area contributed by atoms with E-state index in [9.17, 15) is 14.7 Å². The summed E-state index contributed by atoms with van der Waals surface area (Å²) in [5.41, 5.74) is 0.707. The number of nitrogens with zero attached hydrogens (tertiary/aromatic N) is 1. The van der Waals surface area contributed by atoms with E-state index < -0.39 is 0 Å². The second-order valence-electron chi connectivity index (χ2n) is 6.39. The predicted molar refractivity (Wildman–Crippen MR) is 85.8 cm³/mol. The molecule has 1 atom stereocenters. The van der Waals surface area contributed by atoms with Crippen molar-refractivity contribution in [3.8, 4) is 0 Å². The number of aromatic nitrogens is 1. The van der Waals surface area contributed by atoms with Gasteiger partial charge in [0.2, 0.25) is 0 Å². The van der Waals surface area contributed by atoms with Crippen molar-refractivity contribution in [2.45, 2.75) is 33.1 Å². The van der Waals surface area contributed by atoms with Gasteiger partial charge < -0.3 is 15.0 Å². The van der Waals surface area contributed by atoms with E-state index in [1.54, 1.807) is 17.0 Å². The van der Waals surface area contributed by atoms with E-state index in [1.165, 1.54) is 11.8 Å². The zero-order valence-electron chi connectivity index (χ0n) is 13.3. The van der Waals surface area contributed by atoms with Crippen LogP contribution in [0.4, 0.5) is 0 Å². The van der Waals surface area contributed by atoms with Crippen molar-refractivity contribution in [1.29, 1.82) is 0 Å². The molecule has 0 aliphatic carbocycles. The van der Waals surface area contributed by atoms with Gasteiger partial charge in [-0.3, -0.25) is 9.59 Å². The fraction of sp³-hybridized carbons (Fsp3) is 0.529. The smallest absolute Gasteiger partial charge is 0.260 e. The molecule has 1 amide bonds. The molecule has 22 heavy (non-hydrogen) atoms. The first kappa shape index (κ1) is 16.5. The number of aliphatic hydroxyl groups is 1. The molecule has 0 bridgehead atoms. The zero-order valence-corrected chi connectivity index (χ0v) is 13.3. The van der Waals surface area contributed by atoms with Gasteiger partial charge in [-0.25, -0.2) is 0 Å². The van der Waals surface area contributed by atoms with E-state index >= 15 is 0 Å². The van der Waals surface area contributed by atoms with Crippen LogP contribution in [0.15, 0.2) is 34.8 Å². The Balaban J connectivity index is 2.19. The first-order valence-electron chi connectivity index (χ1n) is 7.69. The number of hydrogen-bond donors (Lipinski definition) is 2. The summed E-state index contributed by atoms with van der Waals surface area (Å²) in [6, 6.07) is 3.20. The van der Waals surface area contributed by atoms with E-state index in [0.29, 0.717) is 13.1 Å². The third-order valence-electron chi connectivity index (χ3n) is 4.28. The molecule has 2 rings (SSSR count). The maximum Gasteiger partial charge on any atom is 0.260 e. The van der Waals surface area contributed by atoms with Crippen molar-refractivity contribution in [2.75, 3.05) is 19.7 Å². The van der Waals surface area contributed by atoms with E-state index in [2.05, 4.69) is 11.1 Å². The van der Waals surface area contributed by atoms with Crippen LogP contribution in [0.5, 0.6) is 0 Å². The number of amides is 1. The lowest BCUT2D eigenvalue weighted by Gasteiger charge is -2.41. The quantitative estimate of drug-likeness (QED) is 0.835. The van der Waals surface area contributed by atoms with Crippen molar-refractivity contribution in [1.82, 2.24) is 9.88 Å². The Morgan fingerprint density at radius 3 is 2.91 bits per heavy atom. The molecule has 1 aliphatic rings. The normalized spacial score (nSPS) is 21.5. The van der Waals surface area contributed by atoms with Crippen LogP contribution in [0, 0.1) is 5.41 Å². The van der Waals surface area contributed by atoms with Crippen LogP contribution in [0.1, 0.15) is 43.5 Å². The third kappa shape index (κ3) is 3.65. The van der Waals surface area contributed by atoms with E-state index in [4.69, 9.17) is 0 Å². The number of nitrogens with one attached hydrogen (secondary N) is 1. The molecule has 1 aromatic heterocycles. The summed E-state index contributed by atoms with van der Waals surface area (Å²) in [5.74, 6) is -0.253. The number of rotatable bonds is 4. The van der Waals surface area contributed by atoms with Crippen molar-refractivity contribution in [3.05, 3.63) is 45.9 Å².